The van der Waals surface area contributed by atoms with E-state index in [1.165, 1.54) is 26.2 Å². The van der Waals surface area contributed by atoms with E-state index < -0.39 is 132 Å². The van der Waals surface area contributed by atoms with Gasteiger partial charge in [0.2, 0.25) is 35.4 Å². The molecule has 0 bridgehead atoms. The summed E-state index contributed by atoms with van der Waals surface area (Å²) in [7, 11) is 6.12. The molecular weight excluding hydrogens is 1300 g/mol. The average molecular weight is 1420 g/mol. The van der Waals surface area contributed by atoms with Gasteiger partial charge < -0.3 is 70.5 Å². The van der Waals surface area contributed by atoms with Crippen molar-refractivity contribution >= 4 is 59.4 Å². The molecule has 0 saturated carbocycles. The number of amides is 9. The van der Waals surface area contributed by atoms with Gasteiger partial charge in [-0.15, -0.1) is 0 Å². The predicted octanol–water partition coefficient (Wildman–Crippen LogP) is 10.3. The van der Waals surface area contributed by atoms with E-state index in [0.717, 1.165) is 22.3 Å². The largest absolute Gasteiger partial charge is 0.449 e. The molecular formula is C78H113N9O15. The van der Waals surface area contributed by atoms with E-state index in [0.29, 0.717) is 55.5 Å². The Bertz CT molecular complexity index is 3390. The number of rotatable bonds is 35. The molecule has 0 unspecified atom stereocenters. The molecule has 560 valence electrons. The number of anilines is 1. The van der Waals surface area contributed by atoms with Crippen LogP contribution in [0.25, 0.3) is 11.1 Å². The second-order valence-electron chi connectivity index (χ2n) is 29.2. The fourth-order valence-electron chi connectivity index (χ4n) is 13.7. The third-order valence-corrected chi connectivity index (χ3v) is 19.4. The van der Waals surface area contributed by atoms with Gasteiger partial charge in [0.1, 0.15) is 43.0 Å². The standard InChI is InChI=1S/C78H113N9O15/c1-18-49(8)67(62(98-16)43-63(88)87-42-28-36-61(87)69(99-17)50(9)70(90)80-51(10)68(89)53-29-20-19-21-30-53)85(14)74(94)65(47(4)5)83-73(93)66(48(6)7)86(15)77(97)101-44-52-37-39-54(40-38-52)81-71(91)60(35-26-27-41-79-75(95)102-78(11,12)13)82-72(92)64(46(2)3)84-76(96)100-45-59-57-33-24-22-31-55(57)56-32-23-25-34-58(56)59/h19-25,29-34,37-40,46-51,59-62,64-69,89H,18,26-28,35-36,41-45H2,1-17H3,(H,79,95)(H,80,90)(H,81,91)(H,82,92)(H,83,93)(H,84,96)/t49-,50+,51+,60-,61-,62+,64-,65-,66-,67-,68+,69+/m0/s1. The minimum absolute atomic E-state index is 0.0364. The summed E-state index contributed by atoms with van der Waals surface area (Å²) in [5.41, 5.74) is 5.10. The van der Waals surface area contributed by atoms with Crippen molar-refractivity contribution < 1.29 is 71.9 Å². The normalized spacial score (nSPS) is 16.8. The number of ether oxygens (including phenoxy) is 5. The molecule has 7 N–H and O–H groups in total. The molecule has 1 aliphatic heterocycles. The average Bonchev–Trinajstić information content (AvgIpc) is 1.61. The fraction of sp³-hybridized carbons (Fsp3) is 0.577. The summed E-state index contributed by atoms with van der Waals surface area (Å²) in [5, 5.41) is 28.1. The maximum atomic E-state index is 14.9. The molecule has 0 radical (unpaired) electrons. The number of fused-ring (bicyclic) bond motifs is 3. The highest BCUT2D eigenvalue weighted by molar-refractivity contribution is 5.98. The number of nitrogens with one attached hydrogen (secondary N) is 6. The molecule has 1 aliphatic carbocycles. The lowest BCUT2D eigenvalue weighted by Crippen LogP contribution is -2.60. The number of aliphatic hydroxyl groups excluding tert-OH is 1. The molecule has 4 aromatic carbocycles. The molecule has 1 fully saturated rings. The van der Waals surface area contributed by atoms with Crippen LogP contribution in [0.5, 0.6) is 0 Å². The van der Waals surface area contributed by atoms with Crippen LogP contribution in [0.3, 0.4) is 0 Å². The van der Waals surface area contributed by atoms with Crippen molar-refractivity contribution in [3.05, 3.63) is 125 Å². The molecule has 4 aromatic rings. The number of aliphatic hydroxyl groups is 1. The Morgan fingerprint density at radius 2 is 1.25 bits per heavy atom. The first-order valence-corrected chi connectivity index (χ1v) is 36.0. The number of alkyl carbamates (subject to hydrolysis) is 2. The summed E-state index contributed by atoms with van der Waals surface area (Å²) in [6, 6.07) is 25.6. The zero-order valence-electron chi connectivity index (χ0n) is 62.8. The number of hydrogen-bond acceptors (Lipinski definition) is 15. The summed E-state index contributed by atoms with van der Waals surface area (Å²) in [6.07, 6.45) is -1.74. The van der Waals surface area contributed by atoms with Crippen LogP contribution in [0.4, 0.5) is 20.1 Å². The summed E-state index contributed by atoms with van der Waals surface area (Å²) in [5.74, 6) is -5.04. The van der Waals surface area contributed by atoms with Gasteiger partial charge in [-0.2, -0.15) is 0 Å². The molecule has 1 saturated heterocycles. The van der Waals surface area contributed by atoms with Crippen molar-refractivity contribution in [3.63, 3.8) is 0 Å². The number of benzene rings is 4. The highest BCUT2D eigenvalue weighted by Crippen LogP contribution is 2.44. The summed E-state index contributed by atoms with van der Waals surface area (Å²) >= 11 is 0. The van der Waals surface area contributed by atoms with Gasteiger partial charge in [-0.1, -0.05) is 160 Å². The SMILES string of the molecule is CC[C@H](C)[C@@H]([C@@H](CC(=O)N1CCC[C@H]1[C@H](OC)[C@@H](C)C(=O)N[C@H](C)[C@@H](O)c1ccccc1)OC)N(C)C(=O)[C@@H](NC(=O)[C@H](C(C)C)N(C)C(=O)OCc1ccc(NC(=O)[C@H](CCCCNC(=O)OC(C)(C)C)NC(=O)[C@@H](NC(=O)OCC2c3ccccc3-c3ccccc32)C(C)C)cc1)C(C)C. The molecule has 0 spiro atoms. The van der Waals surface area contributed by atoms with Crippen LogP contribution in [-0.2, 0) is 59.1 Å². The molecule has 9 amide bonds. The van der Waals surface area contributed by atoms with Crippen molar-refractivity contribution in [2.45, 2.75) is 214 Å². The number of likely N-dealkylation sites (tertiary alicyclic amines) is 1. The van der Waals surface area contributed by atoms with Gasteiger partial charge in [0.15, 0.2) is 0 Å². The molecule has 2 aliphatic rings. The predicted molar refractivity (Wildman–Crippen MR) is 390 cm³/mol. The van der Waals surface area contributed by atoms with E-state index in [9.17, 15) is 48.3 Å². The number of carbonyl (C=O) groups is 9. The highest BCUT2D eigenvalue weighted by Gasteiger charge is 2.44. The lowest BCUT2D eigenvalue weighted by molar-refractivity contribution is -0.148. The van der Waals surface area contributed by atoms with Gasteiger partial charge in [0.25, 0.3) is 0 Å². The van der Waals surface area contributed by atoms with Crippen LogP contribution in [-0.4, -0.2) is 182 Å². The van der Waals surface area contributed by atoms with Crippen molar-refractivity contribution in [1.82, 2.24) is 41.3 Å². The number of hydrogen-bond donors (Lipinski definition) is 7. The zero-order chi connectivity index (χ0) is 75.3. The summed E-state index contributed by atoms with van der Waals surface area (Å²) < 4.78 is 29.0. The van der Waals surface area contributed by atoms with Crippen molar-refractivity contribution in [2.24, 2.45) is 29.6 Å². The van der Waals surface area contributed by atoms with E-state index in [1.54, 1.807) is 116 Å². The maximum Gasteiger partial charge on any atom is 0.410 e. The Kier molecular flexibility index (Phi) is 31.2. The minimum atomic E-state index is -1.09. The van der Waals surface area contributed by atoms with Crippen molar-refractivity contribution in [3.8, 4) is 11.1 Å². The van der Waals surface area contributed by atoms with Gasteiger partial charge in [0, 0.05) is 53.0 Å². The molecule has 102 heavy (non-hydrogen) atoms. The Hall–Kier alpha value is -8.61. The van der Waals surface area contributed by atoms with E-state index in [-0.39, 0.29) is 56.3 Å². The Morgan fingerprint density at radius 3 is 1.82 bits per heavy atom. The molecule has 6 rings (SSSR count). The van der Waals surface area contributed by atoms with Crippen LogP contribution < -0.4 is 31.9 Å². The first kappa shape index (κ1) is 82.3. The van der Waals surface area contributed by atoms with Crippen LogP contribution >= 0.6 is 0 Å². The van der Waals surface area contributed by atoms with Gasteiger partial charge in [-0.25, -0.2) is 14.4 Å². The van der Waals surface area contributed by atoms with Crippen molar-refractivity contribution in [1.29, 1.82) is 0 Å². The minimum Gasteiger partial charge on any atom is -0.449 e. The number of methoxy groups -OCH3 is 2. The third-order valence-electron chi connectivity index (χ3n) is 19.4. The summed E-state index contributed by atoms with van der Waals surface area (Å²) in [6.45, 7) is 23.9. The van der Waals surface area contributed by atoms with E-state index in [4.69, 9.17) is 23.7 Å². The highest BCUT2D eigenvalue weighted by atomic mass is 16.6. The lowest BCUT2D eigenvalue weighted by atomic mass is 9.89. The molecule has 1 heterocycles. The van der Waals surface area contributed by atoms with Gasteiger partial charge in [-0.05, 0) is 129 Å². The van der Waals surface area contributed by atoms with E-state index in [1.807, 2.05) is 94.4 Å². The van der Waals surface area contributed by atoms with Gasteiger partial charge >= 0.3 is 18.3 Å². The molecule has 24 heteroatoms. The summed E-state index contributed by atoms with van der Waals surface area (Å²) in [4.78, 5) is 130. The maximum absolute atomic E-state index is 14.9. The van der Waals surface area contributed by atoms with Crippen LogP contribution in [0.2, 0.25) is 0 Å². The van der Waals surface area contributed by atoms with Crippen molar-refractivity contribution in [2.75, 3.05) is 53.3 Å². The number of unbranched alkanes of at least 4 members (excludes halogenated alkanes) is 1. The third kappa shape index (κ3) is 22.4. The monoisotopic (exact) mass is 1420 g/mol. The van der Waals surface area contributed by atoms with E-state index in [2.05, 4.69) is 31.9 Å². The fourth-order valence-corrected chi connectivity index (χ4v) is 13.7. The Balaban J connectivity index is 1.06. The van der Waals surface area contributed by atoms with Crippen LogP contribution in [0, 0.1) is 29.6 Å². The molecule has 24 nitrogen and oxygen atoms in total. The van der Waals surface area contributed by atoms with E-state index >= 15 is 0 Å². The quantitative estimate of drug-likeness (QED) is 0.0166. The topological polar surface area (TPSA) is 302 Å². The van der Waals surface area contributed by atoms with Crippen LogP contribution in [0.15, 0.2) is 103 Å². The molecule has 12 atom stereocenters. The Labute approximate surface area is 603 Å². The zero-order valence-corrected chi connectivity index (χ0v) is 62.8. The first-order chi connectivity index (χ1) is 48.3. The first-order valence-electron chi connectivity index (χ1n) is 36.0. The number of carbonyl (C=O) groups excluding carboxylic acids is 9. The second-order valence-corrected chi connectivity index (χ2v) is 29.2. The lowest BCUT2D eigenvalue weighted by Gasteiger charge is -2.41. The van der Waals surface area contributed by atoms with Gasteiger partial charge in [-0.3, -0.25) is 33.7 Å². The van der Waals surface area contributed by atoms with Gasteiger partial charge in [0.05, 0.1) is 48.8 Å². The number of likely N-dealkylation sites (N-methyl/N-ethyl adjacent to an activating group) is 2. The second kappa shape index (κ2) is 38.6. The van der Waals surface area contributed by atoms with Crippen LogP contribution in [0.1, 0.15) is 169 Å². The number of nitrogens with zero attached hydrogens (tertiary/aromatic N) is 3. The smallest absolute Gasteiger partial charge is 0.410 e. The molecule has 0 aromatic heterocycles. The Morgan fingerprint density at radius 1 is 0.647 bits per heavy atom.